The highest BCUT2D eigenvalue weighted by molar-refractivity contribution is 5.73. The third-order valence-electron chi connectivity index (χ3n) is 4.54. The summed E-state index contributed by atoms with van der Waals surface area (Å²) >= 11 is 0. The van der Waals surface area contributed by atoms with E-state index < -0.39 is 6.10 Å². The molecule has 1 aromatic carbocycles. The second-order valence-electron chi connectivity index (χ2n) is 7.53. The van der Waals surface area contributed by atoms with Crippen LogP contribution in [0.4, 0.5) is 11.5 Å². The van der Waals surface area contributed by atoms with Gasteiger partial charge in [-0.25, -0.2) is 4.98 Å². The largest absolute Gasteiger partial charge is 0.491 e. The summed E-state index contributed by atoms with van der Waals surface area (Å²) in [4.78, 5) is 4.84. The molecular formula is C21H31N5O2. The molecule has 28 heavy (non-hydrogen) atoms. The summed E-state index contributed by atoms with van der Waals surface area (Å²) in [5, 5.41) is 16.6. The van der Waals surface area contributed by atoms with Crippen LogP contribution in [-0.2, 0) is 6.54 Å². The zero-order chi connectivity index (χ0) is 20.1. The van der Waals surface area contributed by atoms with E-state index in [0.717, 1.165) is 28.3 Å². The Kier molecular flexibility index (Phi) is 6.72. The van der Waals surface area contributed by atoms with Crippen molar-refractivity contribution in [3.63, 3.8) is 0 Å². The van der Waals surface area contributed by atoms with Gasteiger partial charge in [-0.15, -0.1) is 0 Å². The first-order chi connectivity index (χ1) is 13.5. The molecule has 7 heteroatoms. The van der Waals surface area contributed by atoms with Crippen LogP contribution in [0.3, 0.4) is 0 Å². The van der Waals surface area contributed by atoms with E-state index in [0.29, 0.717) is 18.3 Å². The molecule has 1 aliphatic rings. The number of anilines is 2. The fourth-order valence-corrected chi connectivity index (χ4v) is 2.90. The minimum atomic E-state index is -0.679. The van der Waals surface area contributed by atoms with Crippen molar-refractivity contribution in [2.24, 2.45) is 11.5 Å². The smallest absolute Gasteiger partial charge is 0.133 e. The van der Waals surface area contributed by atoms with Gasteiger partial charge in [0, 0.05) is 42.0 Å². The Labute approximate surface area is 166 Å². The molecule has 1 aliphatic carbocycles. The van der Waals surface area contributed by atoms with Gasteiger partial charge in [-0.1, -0.05) is 12.1 Å². The number of aliphatic hydroxyl groups excluding tert-OH is 1. The Morgan fingerprint density at radius 1 is 1.25 bits per heavy atom. The zero-order valence-corrected chi connectivity index (χ0v) is 16.6. The minimum Gasteiger partial charge on any atom is -0.491 e. The Balaban J connectivity index is 1.93. The Morgan fingerprint density at radius 3 is 2.68 bits per heavy atom. The van der Waals surface area contributed by atoms with Gasteiger partial charge in [-0.3, -0.25) is 0 Å². The van der Waals surface area contributed by atoms with Crippen LogP contribution < -0.4 is 26.8 Å². The van der Waals surface area contributed by atoms with Gasteiger partial charge < -0.3 is 31.9 Å². The van der Waals surface area contributed by atoms with Crippen molar-refractivity contribution in [2.45, 2.75) is 51.4 Å². The molecule has 1 aromatic heterocycles. The standard InChI is InChI=1S/C21H31N5O2/c1-13(2)24-21-18(11-23)20(25-15-6-7-15)9-19(26-21)14-4-3-5-17(8-14)28-12-16(27)10-22/h3-5,8-9,13,15-16,27H,6-7,10-12,22-23H2,1-2H3,(H2,24,25,26). The molecule has 7 nitrogen and oxygen atoms in total. The number of aliphatic hydroxyl groups is 1. The first-order valence-electron chi connectivity index (χ1n) is 9.88. The lowest BCUT2D eigenvalue weighted by molar-refractivity contribution is 0.114. The van der Waals surface area contributed by atoms with E-state index in [1.165, 1.54) is 12.8 Å². The average molecular weight is 386 g/mol. The van der Waals surface area contributed by atoms with Crippen molar-refractivity contribution in [1.82, 2.24) is 4.98 Å². The lowest BCUT2D eigenvalue weighted by atomic mass is 10.1. The maximum atomic E-state index is 9.62. The van der Waals surface area contributed by atoms with Crippen LogP contribution in [0.25, 0.3) is 11.3 Å². The molecule has 7 N–H and O–H groups in total. The number of nitrogens with two attached hydrogens (primary N) is 2. The number of ether oxygens (including phenoxy) is 1. The van der Waals surface area contributed by atoms with Crippen molar-refractivity contribution in [3.05, 3.63) is 35.9 Å². The van der Waals surface area contributed by atoms with E-state index >= 15 is 0 Å². The predicted molar refractivity (Wildman–Crippen MR) is 114 cm³/mol. The highest BCUT2D eigenvalue weighted by Crippen LogP contribution is 2.34. The molecule has 1 saturated carbocycles. The lowest BCUT2D eigenvalue weighted by Crippen LogP contribution is -2.26. The predicted octanol–water partition coefficient (Wildman–Crippen LogP) is 2.30. The van der Waals surface area contributed by atoms with Crippen molar-refractivity contribution < 1.29 is 9.84 Å². The molecule has 1 unspecified atom stereocenters. The van der Waals surface area contributed by atoms with Crippen molar-refractivity contribution in [1.29, 1.82) is 0 Å². The van der Waals surface area contributed by atoms with Crippen LogP contribution in [0.2, 0.25) is 0 Å². The number of hydrogen-bond donors (Lipinski definition) is 5. The first-order valence-corrected chi connectivity index (χ1v) is 9.88. The highest BCUT2D eigenvalue weighted by Gasteiger charge is 2.23. The van der Waals surface area contributed by atoms with Crippen LogP contribution in [-0.4, -0.2) is 41.4 Å². The van der Waals surface area contributed by atoms with Gasteiger partial charge in [0.15, 0.2) is 0 Å². The van der Waals surface area contributed by atoms with Crippen LogP contribution >= 0.6 is 0 Å². The molecule has 0 saturated heterocycles. The van der Waals surface area contributed by atoms with Crippen molar-refractivity contribution >= 4 is 11.5 Å². The Bertz CT molecular complexity index is 767. The van der Waals surface area contributed by atoms with Crippen molar-refractivity contribution in [2.75, 3.05) is 23.8 Å². The van der Waals surface area contributed by atoms with E-state index in [9.17, 15) is 5.11 Å². The van der Waals surface area contributed by atoms with E-state index in [2.05, 4.69) is 30.5 Å². The van der Waals surface area contributed by atoms with Crippen LogP contribution in [0.1, 0.15) is 32.3 Å². The van der Waals surface area contributed by atoms with E-state index in [-0.39, 0.29) is 19.2 Å². The van der Waals surface area contributed by atoms with E-state index in [1.54, 1.807) is 0 Å². The van der Waals surface area contributed by atoms with E-state index in [1.807, 2.05) is 24.3 Å². The maximum absolute atomic E-state index is 9.62. The fraction of sp³-hybridized carbons (Fsp3) is 0.476. The molecule has 1 heterocycles. The number of nitrogens with one attached hydrogen (secondary N) is 2. The number of nitrogens with zero attached hydrogens (tertiary/aromatic N) is 1. The molecule has 1 fully saturated rings. The van der Waals surface area contributed by atoms with Gasteiger partial charge in [0.25, 0.3) is 0 Å². The quantitative estimate of drug-likeness (QED) is 0.426. The summed E-state index contributed by atoms with van der Waals surface area (Å²) in [6.45, 7) is 4.91. The summed E-state index contributed by atoms with van der Waals surface area (Å²) < 4.78 is 5.66. The molecule has 3 rings (SSSR count). The van der Waals surface area contributed by atoms with Gasteiger partial charge in [0.2, 0.25) is 0 Å². The van der Waals surface area contributed by atoms with Gasteiger partial charge >= 0.3 is 0 Å². The second-order valence-corrected chi connectivity index (χ2v) is 7.53. The lowest BCUT2D eigenvalue weighted by Gasteiger charge is -2.19. The molecule has 0 bridgehead atoms. The van der Waals surface area contributed by atoms with Crippen LogP contribution in [0.15, 0.2) is 30.3 Å². The number of rotatable bonds is 10. The van der Waals surface area contributed by atoms with Gasteiger partial charge in [0.1, 0.15) is 24.3 Å². The van der Waals surface area contributed by atoms with Crippen LogP contribution in [0, 0.1) is 0 Å². The SMILES string of the molecule is CC(C)Nc1nc(-c2cccc(OCC(O)CN)c2)cc(NC2CC2)c1CN. The van der Waals surface area contributed by atoms with E-state index in [4.69, 9.17) is 21.2 Å². The molecule has 2 aromatic rings. The van der Waals surface area contributed by atoms with Crippen LogP contribution in [0.5, 0.6) is 5.75 Å². The Morgan fingerprint density at radius 2 is 2.04 bits per heavy atom. The number of hydrogen-bond acceptors (Lipinski definition) is 7. The molecule has 152 valence electrons. The molecule has 0 radical (unpaired) electrons. The summed E-state index contributed by atoms with van der Waals surface area (Å²) in [7, 11) is 0. The molecule has 0 amide bonds. The fourth-order valence-electron chi connectivity index (χ4n) is 2.90. The topological polar surface area (TPSA) is 118 Å². The average Bonchev–Trinajstić information content (AvgIpc) is 3.49. The van der Waals surface area contributed by atoms with Gasteiger partial charge in [-0.05, 0) is 44.9 Å². The normalized spacial score (nSPS) is 14.8. The summed E-state index contributed by atoms with van der Waals surface area (Å²) in [5.74, 6) is 1.48. The minimum absolute atomic E-state index is 0.161. The molecule has 0 spiro atoms. The monoisotopic (exact) mass is 385 g/mol. The zero-order valence-electron chi connectivity index (χ0n) is 16.6. The second kappa shape index (κ2) is 9.23. The highest BCUT2D eigenvalue weighted by atomic mass is 16.5. The number of aromatic nitrogens is 1. The van der Waals surface area contributed by atoms with Gasteiger partial charge in [-0.2, -0.15) is 0 Å². The number of benzene rings is 1. The Hall–Kier alpha value is -2.35. The summed E-state index contributed by atoms with van der Waals surface area (Å²) in [6, 6.07) is 10.5. The number of pyridine rings is 1. The molecular weight excluding hydrogens is 354 g/mol. The van der Waals surface area contributed by atoms with Gasteiger partial charge in [0.05, 0.1) is 5.69 Å². The third kappa shape index (κ3) is 5.34. The maximum Gasteiger partial charge on any atom is 0.133 e. The first kappa shape index (κ1) is 20.4. The molecule has 1 atom stereocenters. The van der Waals surface area contributed by atoms with Crippen molar-refractivity contribution in [3.8, 4) is 17.0 Å². The molecule has 0 aliphatic heterocycles. The summed E-state index contributed by atoms with van der Waals surface area (Å²) in [5.41, 5.74) is 15.3. The third-order valence-corrected chi connectivity index (χ3v) is 4.54. The summed E-state index contributed by atoms with van der Waals surface area (Å²) in [6.07, 6.45) is 1.69.